The van der Waals surface area contributed by atoms with Crippen LogP contribution in [0.4, 0.5) is 5.69 Å². The van der Waals surface area contributed by atoms with E-state index in [0.717, 1.165) is 4.31 Å². The highest BCUT2D eigenvalue weighted by molar-refractivity contribution is 7.89. The summed E-state index contributed by atoms with van der Waals surface area (Å²) in [5, 5.41) is 6.59. The number of hydrogen-bond donors (Lipinski definition) is 1. The molecule has 1 unspecified atom stereocenters. The fourth-order valence-electron chi connectivity index (χ4n) is 2.32. The van der Waals surface area contributed by atoms with Gasteiger partial charge in [0.1, 0.15) is 5.56 Å². The number of rotatable bonds is 6. The van der Waals surface area contributed by atoms with Gasteiger partial charge in [-0.15, -0.1) is 0 Å². The Bertz CT molecular complexity index is 1010. The molecule has 2 rings (SSSR count). The monoisotopic (exact) mass is 408 g/mol. The van der Waals surface area contributed by atoms with Gasteiger partial charge in [0.15, 0.2) is 6.10 Å². The molecule has 0 aliphatic heterocycles. The smallest absolute Gasteiger partial charge is 0.342 e. The predicted octanol–water partition coefficient (Wildman–Crippen LogP) is 1.47. The van der Waals surface area contributed by atoms with Crippen molar-refractivity contribution in [3.05, 3.63) is 41.2 Å². The van der Waals surface area contributed by atoms with E-state index < -0.39 is 28.0 Å². The summed E-state index contributed by atoms with van der Waals surface area (Å²) in [5.41, 5.74) is 1.90. The van der Waals surface area contributed by atoms with Crippen molar-refractivity contribution in [2.75, 3.05) is 19.4 Å². The first-order valence-corrected chi connectivity index (χ1v) is 9.92. The second-order valence-electron chi connectivity index (χ2n) is 6.57. The predicted molar refractivity (Wildman–Crippen MR) is 104 cm³/mol. The van der Waals surface area contributed by atoms with Crippen LogP contribution in [0.25, 0.3) is 0 Å². The van der Waals surface area contributed by atoms with Crippen molar-refractivity contribution in [3.63, 3.8) is 0 Å². The Balaban J connectivity index is 2.16. The first-order chi connectivity index (χ1) is 12.9. The molecule has 0 saturated carbocycles. The van der Waals surface area contributed by atoms with Crippen LogP contribution in [-0.2, 0) is 26.6 Å². The van der Waals surface area contributed by atoms with Crippen molar-refractivity contribution >= 4 is 27.6 Å². The fraction of sp³-hybridized carbons (Fsp3) is 0.389. The molecule has 0 fully saturated rings. The molecule has 1 heterocycles. The topological polar surface area (TPSA) is 111 Å². The Labute approximate surface area is 164 Å². The summed E-state index contributed by atoms with van der Waals surface area (Å²) in [4.78, 5) is 24.7. The summed E-state index contributed by atoms with van der Waals surface area (Å²) in [6.45, 7) is 4.89. The van der Waals surface area contributed by atoms with Crippen molar-refractivity contribution < 1.29 is 22.7 Å². The lowest BCUT2D eigenvalue weighted by Gasteiger charge is -2.16. The van der Waals surface area contributed by atoms with Crippen LogP contribution in [0.15, 0.2) is 29.3 Å². The zero-order valence-corrected chi connectivity index (χ0v) is 17.5. The number of carbonyl (C=O) groups is 2. The maximum absolute atomic E-state index is 12.4. The molecule has 1 atom stereocenters. The quantitative estimate of drug-likeness (QED) is 0.725. The van der Waals surface area contributed by atoms with E-state index in [4.69, 9.17) is 4.74 Å². The van der Waals surface area contributed by atoms with E-state index in [1.165, 1.54) is 44.0 Å². The normalized spacial score (nSPS) is 12.7. The minimum absolute atomic E-state index is 0.0500. The number of sulfonamides is 1. The van der Waals surface area contributed by atoms with E-state index in [1.54, 1.807) is 27.0 Å². The molecule has 0 spiro atoms. The molecule has 9 nitrogen and oxygen atoms in total. The van der Waals surface area contributed by atoms with Crippen molar-refractivity contribution in [3.8, 4) is 0 Å². The minimum atomic E-state index is -3.64. The first-order valence-electron chi connectivity index (χ1n) is 8.48. The average Bonchev–Trinajstić information content (AvgIpc) is 2.95. The Morgan fingerprint density at radius 2 is 1.89 bits per heavy atom. The van der Waals surface area contributed by atoms with Gasteiger partial charge >= 0.3 is 5.97 Å². The summed E-state index contributed by atoms with van der Waals surface area (Å²) in [7, 11) is 0.904. The van der Waals surface area contributed by atoms with Crippen LogP contribution in [0.5, 0.6) is 0 Å². The summed E-state index contributed by atoms with van der Waals surface area (Å²) >= 11 is 0. The third kappa shape index (κ3) is 4.39. The van der Waals surface area contributed by atoms with E-state index in [1.807, 2.05) is 0 Å². The lowest BCUT2D eigenvalue weighted by atomic mass is 10.2. The third-order valence-electron chi connectivity index (χ3n) is 4.35. The maximum Gasteiger partial charge on any atom is 0.342 e. The van der Waals surface area contributed by atoms with Gasteiger partial charge in [0.05, 0.1) is 11.1 Å². The molecule has 152 valence electrons. The van der Waals surface area contributed by atoms with Crippen molar-refractivity contribution in [2.45, 2.75) is 31.8 Å². The molecule has 10 heteroatoms. The first kappa shape index (κ1) is 21.6. The van der Waals surface area contributed by atoms with Gasteiger partial charge in [0.2, 0.25) is 10.0 Å². The number of ether oxygens (including phenoxy) is 1. The maximum atomic E-state index is 12.4. The van der Waals surface area contributed by atoms with E-state index in [9.17, 15) is 18.0 Å². The molecule has 2 aromatic rings. The van der Waals surface area contributed by atoms with Gasteiger partial charge in [-0.05, 0) is 38.5 Å². The number of anilines is 1. The standard InChI is InChI=1S/C18H24N4O5S/c1-11-7-8-14(28(25,26)21(4)5)9-16(11)20-17(23)13(3)27-18(24)15-10-19-22(6)12(15)2/h7-10,13H,1-6H3,(H,20,23). The van der Waals surface area contributed by atoms with Gasteiger partial charge in [-0.2, -0.15) is 5.10 Å². The second kappa shape index (κ2) is 8.11. The van der Waals surface area contributed by atoms with E-state index >= 15 is 0 Å². The van der Waals surface area contributed by atoms with Gasteiger partial charge < -0.3 is 10.1 Å². The Morgan fingerprint density at radius 1 is 1.25 bits per heavy atom. The van der Waals surface area contributed by atoms with Crippen LogP contribution in [-0.4, -0.2) is 54.6 Å². The molecule has 0 saturated heterocycles. The molecule has 28 heavy (non-hydrogen) atoms. The van der Waals surface area contributed by atoms with Gasteiger partial charge in [0, 0.05) is 32.5 Å². The highest BCUT2D eigenvalue weighted by Crippen LogP contribution is 2.22. The number of aromatic nitrogens is 2. The van der Waals surface area contributed by atoms with E-state index in [-0.39, 0.29) is 10.5 Å². The van der Waals surface area contributed by atoms with Crippen LogP contribution < -0.4 is 5.32 Å². The molecule has 1 N–H and O–H groups in total. The van der Waals surface area contributed by atoms with Gasteiger partial charge in [-0.3, -0.25) is 9.48 Å². The lowest BCUT2D eigenvalue weighted by molar-refractivity contribution is -0.123. The largest absolute Gasteiger partial charge is 0.449 e. The van der Waals surface area contributed by atoms with Crippen molar-refractivity contribution in [1.29, 1.82) is 0 Å². The number of aryl methyl sites for hydroxylation is 2. The molecule has 1 amide bonds. The molecular weight excluding hydrogens is 384 g/mol. The number of carbonyl (C=O) groups excluding carboxylic acids is 2. The summed E-state index contributed by atoms with van der Waals surface area (Å²) in [5.74, 6) is -1.23. The number of hydrogen-bond acceptors (Lipinski definition) is 6. The molecule has 0 aliphatic rings. The van der Waals surface area contributed by atoms with Crippen LogP contribution in [0.2, 0.25) is 0 Å². The summed E-state index contributed by atoms with van der Waals surface area (Å²) < 4.78 is 32.4. The van der Waals surface area contributed by atoms with Crippen molar-refractivity contribution in [1.82, 2.24) is 14.1 Å². The molecule has 0 aliphatic carbocycles. The molecule has 0 radical (unpaired) electrons. The Hall–Kier alpha value is -2.72. The Morgan fingerprint density at radius 3 is 2.43 bits per heavy atom. The van der Waals surface area contributed by atoms with Crippen LogP contribution in [0.3, 0.4) is 0 Å². The Kier molecular flexibility index (Phi) is 6.25. The second-order valence-corrected chi connectivity index (χ2v) is 8.72. The van der Waals surface area contributed by atoms with E-state index in [2.05, 4.69) is 10.4 Å². The molecule has 1 aromatic carbocycles. The van der Waals surface area contributed by atoms with Gasteiger partial charge in [-0.25, -0.2) is 17.5 Å². The van der Waals surface area contributed by atoms with E-state index in [0.29, 0.717) is 16.9 Å². The third-order valence-corrected chi connectivity index (χ3v) is 6.16. The highest BCUT2D eigenvalue weighted by atomic mass is 32.2. The minimum Gasteiger partial charge on any atom is -0.449 e. The lowest BCUT2D eigenvalue weighted by Crippen LogP contribution is -2.30. The van der Waals surface area contributed by atoms with Gasteiger partial charge in [0.25, 0.3) is 5.91 Å². The molecular formula is C18H24N4O5S. The van der Waals surface area contributed by atoms with Crippen molar-refractivity contribution in [2.24, 2.45) is 7.05 Å². The zero-order valence-electron chi connectivity index (χ0n) is 16.7. The van der Waals surface area contributed by atoms with Crippen LogP contribution in [0, 0.1) is 13.8 Å². The fourth-order valence-corrected chi connectivity index (χ4v) is 3.25. The number of esters is 1. The SMILES string of the molecule is Cc1ccc(S(=O)(=O)N(C)C)cc1NC(=O)C(C)OC(=O)c1cnn(C)c1C. The highest BCUT2D eigenvalue weighted by Gasteiger charge is 2.23. The number of benzene rings is 1. The number of nitrogens with one attached hydrogen (secondary N) is 1. The average molecular weight is 408 g/mol. The number of amides is 1. The van der Waals surface area contributed by atoms with Crippen LogP contribution in [0.1, 0.15) is 28.5 Å². The molecule has 0 bridgehead atoms. The molecule has 1 aromatic heterocycles. The van der Waals surface area contributed by atoms with Crippen LogP contribution >= 0.6 is 0 Å². The zero-order chi connectivity index (χ0) is 21.2. The van der Waals surface area contributed by atoms with Gasteiger partial charge in [-0.1, -0.05) is 6.07 Å². The summed E-state index contributed by atoms with van der Waals surface area (Å²) in [6, 6.07) is 4.44. The summed E-state index contributed by atoms with van der Waals surface area (Å²) in [6.07, 6.45) is 0.294. The number of nitrogens with zero attached hydrogens (tertiary/aromatic N) is 3.